The molecule has 0 unspecified atom stereocenters. The predicted octanol–water partition coefficient (Wildman–Crippen LogP) is 2.33. The number of nitrogens with zero attached hydrogens (tertiary/aromatic N) is 2. The number of methoxy groups -OCH3 is 1. The van der Waals surface area contributed by atoms with Gasteiger partial charge < -0.3 is 4.74 Å². The molecule has 5 nitrogen and oxygen atoms in total. The number of carbonyl (C=O) groups excluding carboxylic acids is 1. The summed E-state index contributed by atoms with van der Waals surface area (Å²) in [5.41, 5.74) is -0.977. The Hall–Kier alpha value is -1.13. The molecule has 1 amide bonds. The summed E-state index contributed by atoms with van der Waals surface area (Å²) in [4.78, 5) is 10.9. The van der Waals surface area contributed by atoms with E-state index in [9.17, 15) is 4.79 Å². The van der Waals surface area contributed by atoms with Gasteiger partial charge in [-0.2, -0.15) is 10.2 Å². The summed E-state index contributed by atoms with van der Waals surface area (Å²) in [6.07, 6.45) is -0.511. The summed E-state index contributed by atoms with van der Waals surface area (Å²) in [6, 6.07) is 0. The molecule has 0 aliphatic heterocycles. The third kappa shape index (κ3) is 6.39. The van der Waals surface area contributed by atoms with Gasteiger partial charge in [0.2, 0.25) is 0 Å². The standard InChI is InChI=1S/C9H19N3O2/c1-8(2,3)11-12-9(4,5)10-7(13)14-6/h1-6H3,(H,10,13). The van der Waals surface area contributed by atoms with E-state index in [0.717, 1.165) is 0 Å². The van der Waals surface area contributed by atoms with Crippen molar-refractivity contribution in [3.8, 4) is 0 Å². The van der Waals surface area contributed by atoms with E-state index < -0.39 is 11.8 Å². The van der Waals surface area contributed by atoms with Crippen LogP contribution < -0.4 is 5.32 Å². The number of carbonyl (C=O) groups is 1. The van der Waals surface area contributed by atoms with Crippen LogP contribution in [0.25, 0.3) is 0 Å². The molecule has 82 valence electrons. The van der Waals surface area contributed by atoms with Gasteiger partial charge in [0, 0.05) is 0 Å². The fraction of sp³-hybridized carbons (Fsp3) is 0.889. The van der Waals surface area contributed by atoms with Crippen LogP contribution in [-0.2, 0) is 4.74 Å². The molecule has 0 bridgehead atoms. The lowest BCUT2D eigenvalue weighted by Crippen LogP contribution is -2.41. The van der Waals surface area contributed by atoms with Crippen LogP contribution in [0.15, 0.2) is 10.2 Å². The van der Waals surface area contributed by atoms with Crippen molar-refractivity contribution in [1.29, 1.82) is 0 Å². The van der Waals surface area contributed by atoms with E-state index in [2.05, 4.69) is 20.3 Å². The molecule has 0 radical (unpaired) electrons. The molecule has 0 aromatic carbocycles. The Balaban J connectivity index is 4.34. The zero-order valence-electron chi connectivity index (χ0n) is 9.71. The third-order valence-electron chi connectivity index (χ3n) is 1.19. The molecule has 0 spiro atoms. The van der Waals surface area contributed by atoms with Crippen LogP contribution in [-0.4, -0.2) is 24.4 Å². The van der Waals surface area contributed by atoms with E-state index in [1.165, 1.54) is 7.11 Å². The highest BCUT2D eigenvalue weighted by atomic mass is 16.5. The highest BCUT2D eigenvalue weighted by molar-refractivity contribution is 5.67. The highest BCUT2D eigenvalue weighted by Gasteiger charge is 2.21. The summed E-state index contributed by atoms with van der Waals surface area (Å²) in [5.74, 6) is 0. The maximum Gasteiger partial charge on any atom is 0.408 e. The molecule has 0 aliphatic carbocycles. The third-order valence-corrected chi connectivity index (χ3v) is 1.19. The van der Waals surface area contributed by atoms with Gasteiger partial charge in [-0.3, -0.25) is 5.32 Å². The zero-order chi connectivity index (χ0) is 11.4. The van der Waals surface area contributed by atoms with Crippen LogP contribution >= 0.6 is 0 Å². The Kier molecular flexibility index (Phi) is 4.04. The first-order valence-corrected chi connectivity index (χ1v) is 4.46. The number of azo groups is 1. The Bertz CT molecular complexity index is 229. The number of hydrogen-bond acceptors (Lipinski definition) is 4. The predicted molar refractivity (Wildman–Crippen MR) is 54.2 cm³/mol. The van der Waals surface area contributed by atoms with Crippen molar-refractivity contribution in [2.75, 3.05) is 7.11 Å². The Morgan fingerprint density at radius 1 is 1.14 bits per heavy atom. The molecule has 5 heteroatoms. The normalized spacial score (nSPS) is 13.0. The summed E-state index contributed by atoms with van der Waals surface area (Å²) in [7, 11) is 1.31. The van der Waals surface area contributed by atoms with Crippen LogP contribution in [0, 0.1) is 0 Å². The van der Waals surface area contributed by atoms with E-state index in [0.29, 0.717) is 0 Å². The molecular formula is C9H19N3O2. The Labute approximate surface area is 84.9 Å². The molecule has 0 aromatic rings. The van der Waals surface area contributed by atoms with E-state index >= 15 is 0 Å². The van der Waals surface area contributed by atoms with Crippen LogP contribution in [0.1, 0.15) is 34.6 Å². The Morgan fingerprint density at radius 3 is 2.00 bits per heavy atom. The van der Waals surface area contributed by atoms with Gasteiger partial charge in [0.1, 0.15) is 5.66 Å². The number of ether oxygens (including phenoxy) is 1. The van der Waals surface area contributed by atoms with E-state index in [4.69, 9.17) is 0 Å². The summed E-state index contributed by atoms with van der Waals surface area (Å²) < 4.78 is 4.47. The molecule has 14 heavy (non-hydrogen) atoms. The van der Waals surface area contributed by atoms with Crippen LogP contribution in [0.3, 0.4) is 0 Å². The van der Waals surface area contributed by atoms with Crippen molar-refractivity contribution in [2.24, 2.45) is 10.2 Å². The average molecular weight is 201 g/mol. The van der Waals surface area contributed by atoms with E-state index in [1.54, 1.807) is 13.8 Å². The maximum absolute atomic E-state index is 10.9. The quantitative estimate of drug-likeness (QED) is 0.697. The minimum Gasteiger partial charge on any atom is -0.453 e. The van der Waals surface area contributed by atoms with Gasteiger partial charge in [0.15, 0.2) is 0 Å². The lowest BCUT2D eigenvalue weighted by atomic mass is 10.1. The number of nitrogens with one attached hydrogen (secondary N) is 1. The summed E-state index contributed by atoms with van der Waals surface area (Å²) >= 11 is 0. The van der Waals surface area contributed by atoms with Crippen molar-refractivity contribution in [3.05, 3.63) is 0 Å². The first kappa shape index (κ1) is 12.9. The van der Waals surface area contributed by atoms with Crippen LogP contribution in [0.5, 0.6) is 0 Å². The second-order valence-electron chi connectivity index (χ2n) is 4.55. The average Bonchev–Trinajstić information content (AvgIpc) is 1.99. The fourth-order valence-electron chi connectivity index (χ4n) is 0.601. The largest absolute Gasteiger partial charge is 0.453 e. The van der Waals surface area contributed by atoms with E-state index in [1.807, 2.05) is 20.8 Å². The zero-order valence-corrected chi connectivity index (χ0v) is 9.71. The molecule has 1 N–H and O–H groups in total. The van der Waals surface area contributed by atoms with Gasteiger partial charge in [0.25, 0.3) is 0 Å². The first-order chi connectivity index (χ1) is 6.16. The molecule has 0 saturated heterocycles. The van der Waals surface area contributed by atoms with Crippen molar-refractivity contribution in [3.63, 3.8) is 0 Å². The number of rotatable bonds is 2. The van der Waals surface area contributed by atoms with Crippen molar-refractivity contribution >= 4 is 6.09 Å². The lowest BCUT2D eigenvalue weighted by molar-refractivity contribution is 0.159. The SMILES string of the molecule is COC(=O)NC(C)(C)N=NC(C)(C)C. The maximum atomic E-state index is 10.9. The molecule has 0 aliphatic rings. The molecule has 0 fully saturated rings. The molecule has 0 aromatic heterocycles. The van der Waals surface area contributed by atoms with Crippen LogP contribution in [0.2, 0.25) is 0 Å². The van der Waals surface area contributed by atoms with Crippen molar-refractivity contribution in [2.45, 2.75) is 45.8 Å². The van der Waals surface area contributed by atoms with Crippen molar-refractivity contribution < 1.29 is 9.53 Å². The van der Waals surface area contributed by atoms with Crippen LogP contribution in [0.4, 0.5) is 4.79 Å². The van der Waals surface area contributed by atoms with Gasteiger partial charge in [0.05, 0.1) is 12.6 Å². The molecular weight excluding hydrogens is 182 g/mol. The van der Waals surface area contributed by atoms with Gasteiger partial charge >= 0.3 is 6.09 Å². The smallest absolute Gasteiger partial charge is 0.408 e. The molecule has 0 saturated carbocycles. The molecule has 0 heterocycles. The highest BCUT2D eigenvalue weighted by Crippen LogP contribution is 2.12. The first-order valence-electron chi connectivity index (χ1n) is 4.46. The summed E-state index contributed by atoms with van der Waals surface area (Å²) in [6.45, 7) is 9.30. The monoisotopic (exact) mass is 201 g/mol. The minimum absolute atomic E-state index is 0.241. The second-order valence-corrected chi connectivity index (χ2v) is 4.55. The van der Waals surface area contributed by atoms with Gasteiger partial charge in [-0.1, -0.05) is 0 Å². The molecule has 0 atom stereocenters. The fourth-order valence-corrected chi connectivity index (χ4v) is 0.601. The van der Waals surface area contributed by atoms with Crippen molar-refractivity contribution in [1.82, 2.24) is 5.32 Å². The number of hydrogen-bond donors (Lipinski definition) is 1. The minimum atomic E-state index is -0.736. The van der Waals surface area contributed by atoms with Gasteiger partial charge in [-0.15, -0.1) is 0 Å². The van der Waals surface area contributed by atoms with Gasteiger partial charge in [-0.05, 0) is 34.6 Å². The topological polar surface area (TPSA) is 63.0 Å². The van der Waals surface area contributed by atoms with Gasteiger partial charge in [-0.25, -0.2) is 4.79 Å². The Morgan fingerprint density at radius 2 is 1.64 bits per heavy atom. The lowest BCUT2D eigenvalue weighted by Gasteiger charge is -2.21. The molecule has 0 rings (SSSR count). The summed E-state index contributed by atoms with van der Waals surface area (Å²) in [5, 5.41) is 10.7. The second kappa shape index (κ2) is 4.39. The van der Waals surface area contributed by atoms with E-state index in [-0.39, 0.29) is 5.54 Å². The number of alkyl carbamates (subject to hydrolysis) is 1. The number of amides is 1.